The molecule has 0 aliphatic carbocycles. The maximum Gasteiger partial charge on any atom is 0.231 e. The van der Waals surface area contributed by atoms with E-state index in [4.69, 9.17) is 0 Å². The van der Waals surface area contributed by atoms with Gasteiger partial charge < -0.3 is 5.32 Å². The molecule has 4 nitrogen and oxygen atoms in total. The highest BCUT2D eigenvalue weighted by atomic mass is 32.1. The van der Waals surface area contributed by atoms with Crippen LogP contribution in [0.1, 0.15) is 43.3 Å². The molecule has 1 aliphatic heterocycles. The number of benzene rings is 1. The van der Waals surface area contributed by atoms with Crippen LogP contribution in [0, 0.1) is 5.41 Å². The lowest BCUT2D eigenvalue weighted by molar-refractivity contribution is -0.124. The summed E-state index contributed by atoms with van der Waals surface area (Å²) in [5.74, 6) is 0.0530. The van der Waals surface area contributed by atoms with Gasteiger partial charge in [0, 0.05) is 36.3 Å². The minimum Gasteiger partial charge on any atom is -0.301 e. The Morgan fingerprint density at radius 2 is 2.08 bits per heavy atom. The molecule has 0 spiro atoms. The van der Waals surface area contributed by atoms with E-state index in [0.717, 1.165) is 43.3 Å². The molecular weight excluding hydrogens is 318 g/mol. The molecule has 1 aromatic heterocycles. The fourth-order valence-corrected chi connectivity index (χ4v) is 3.75. The smallest absolute Gasteiger partial charge is 0.231 e. The molecule has 0 unspecified atom stereocenters. The normalized spacial score (nSPS) is 15.1. The largest absolute Gasteiger partial charge is 0.301 e. The maximum atomic E-state index is 12.3. The molecule has 0 saturated carbocycles. The lowest BCUT2D eigenvalue weighted by atomic mass is 9.89. The van der Waals surface area contributed by atoms with Crippen LogP contribution in [0.4, 0.5) is 5.13 Å². The summed E-state index contributed by atoms with van der Waals surface area (Å²) in [4.78, 5) is 20.7. The number of hydrogen-bond donors (Lipinski definition) is 1. The molecule has 0 atom stereocenters. The number of fused-ring (bicyclic) bond motifs is 1. The van der Waals surface area contributed by atoms with Crippen molar-refractivity contribution in [1.82, 2.24) is 9.88 Å². The first-order valence-electron chi connectivity index (χ1n) is 8.54. The summed E-state index contributed by atoms with van der Waals surface area (Å²) in [5.41, 5.74) is 2.13. The molecule has 128 valence electrons. The van der Waals surface area contributed by atoms with Crippen molar-refractivity contribution < 1.29 is 4.79 Å². The van der Waals surface area contributed by atoms with Crippen LogP contribution in [0.15, 0.2) is 30.3 Å². The van der Waals surface area contributed by atoms with E-state index in [1.807, 2.05) is 26.8 Å². The topological polar surface area (TPSA) is 45.2 Å². The van der Waals surface area contributed by atoms with E-state index in [2.05, 4.69) is 39.5 Å². The molecule has 3 rings (SSSR count). The first-order chi connectivity index (χ1) is 11.5. The number of rotatable bonds is 5. The van der Waals surface area contributed by atoms with Gasteiger partial charge in [-0.2, -0.15) is 0 Å². The van der Waals surface area contributed by atoms with Crippen LogP contribution in [0.25, 0.3) is 0 Å². The van der Waals surface area contributed by atoms with Gasteiger partial charge in [-0.3, -0.25) is 9.69 Å². The number of carbonyl (C=O) groups excluding carboxylic acids is 1. The van der Waals surface area contributed by atoms with E-state index in [1.54, 1.807) is 11.3 Å². The van der Waals surface area contributed by atoms with E-state index in [0.29, 0.717) is 0 Å². The van der Waals surface area contributed by atoms with Crippen molar-refractivity contribution >= 4 is 22.4 Å². The molecule has 2 heterocycles. The Bertz CT molecular complexity index is 709. The van der Waals surface area contributed by atoms with Gasteiger partial charge in [0.15, 0.2) is 5.13 Å². The molecule has 2 aromatic rings. The molecular formula is C19H25N3OS. The Morgan fingerprint density at radius 1 is 1.33 bits per heavy atom. The van der Waals surface area contributed by atoms with E-state index in [-0.39, 0.29) is 11.3 Å². The molecule has 0 saturated heterocycles. The maximum absolute atomic E-state index is 12.3. The zero-order valence-electron chi connectivity index (χ0n) is 14.6. The highest BCUT2D eigenvalue weighted by Gasteiger charge is 2.27. The Balaban J connectivity index is 1.65. The van der Waals surface area contributed by atoms with Crippen LogP contribution in [-0.4, -0.2) is 22.3 Å². The van der Waals surface area contributed by atoms with E-state index in [9.17, 15) is 4.79 Å². The fourth-order valence-electron chi connectivity index (χ4n) is 2.71. The van der Waals surface area contributed by atoms with Crippen molar-refractivity contribution in [2.45, 2.75) is 46.7 Å². The molecule has 0 bridgehead atoms. The van der Waals surface area contributed by atoms with E-state index < -0.39 is 0 Å². The highest BCUT2D eigenvalue weighted by molar-refractivity contribution is 7.15. The summed E-state index contributed by atoms with van der Waals surface area (Å²) in [5, 5.41) is 3.75. The standard InChI is InChI=1S/C19H25N3OS/c1-4-19(2,3)17(23)21-18-20-15-10-11-22(13-16(15)24-18)12-14-8-6-5-7-9-14/h5-9H,4,10-13H2,1-3H3,(H,20,21,23). The number of nitrogens with one attached hydrogen (secondary N) is 1. The van der Waals surface area contributed by atoms with Crippen LogP contribution in [0.5, 0.6) is 0 Å². The molecule has 1 amide bonds. The van der Waals surface area contributed by atoms with Gasteiger partial charge in [0.25, 0.3) is 0 Å². The van der Waals surface area contributed by atoms with Crippen molar-refractivity contribution in [2.75, 3.05) is 11.9 Å². The van der Waals surface area contributed by atoms with E-state index in [1.165, 1.54) is 10.4 Å². The van der Waals surface area contributed by atoms with Gasteiger partial charge in [0.1, 0.15) is 0 Å². The molecule has 1 N–H and O–H groups in total. The third kappa shape index (κ3) is 3.84. The highest BCUT2D eigenvalue weighted by Crippen LogP contribution is 2.30. The SMILES string of the molecule is CCC(C)(C)C(=O)Nc1nc2c(s1)CN(Cc1ccccc1)CC2. The van der Waals surface area contributed by atoms with Crippen molar-refractivity contribution in [2.24, 2.45) is 5.41 Å². The van der Waals surface area contributed by atoms with Crippen LogP contribution >= 0.6 is 11.3 Å². The average molecular weight is 343 g/mol. The van der Waals surface area contributed by atoms with E-state index >= 15 is 0 Å². The van der Waals surface area contributed by atoms with Gasteiger partial charge in [-0.1, -0.05) is 51.1 Å². The van der Waals surface area contributed by atoms with Gasteiger partial charge >= 0.3 is 0 Å². The van der Waals surface area contributed by atoms with Crippen molar-refractivity contribution in [1.29, 1.82) is 0 Å². The summed E-state index contributed by atoms with van der Waals surface area (Å²) in [6.45, 7) is 8.86. The number of carbonyl (C=O) groups is 1. The minimum atomic E-state index is -0.356. The van der Waals surface area contributed by atoms with Gasteiger partial charge in [0.2, 0.25) is 5.91 Å². The van der Waals surface area contributed by atoms with Crippen LogP contribution in [0.2, 0.25) is 0 Å². The summed E-state index contributed by atoms with van der Waals surface area (Å²) >= 11 is 1.62. The van der Waals surface area contributed by atoms with Crippen LogP contribution < -0.4 is 5.32 Å². The molecule has 24 heavy (non-hydrogen) atoms. The predicted octanol–water partition coefficient (Wildman–Crippen LogP) is 4.08. The second kappa shape index (κ2) is 7.03. The number of thiazole rings is 1. The molecule has 0 fully saturated rings. The quantitative estimate of drug-likeness (QED) is 0.890. The number of nitrogens with zero attached hydrogens (tertiary/aromatic N) is 2. The van der Waals surface area contributed by atoms with Crippen molar-refractivity contribution in [3.8, 4) is 0 Å². The van der Waals surface area contributed by atoms with Gasteiger partial charge in [-0.15, -0.1) is 11.3 Å². The summed E-state index contributed by atoms with van der Waals surface area (Å²) in [6, 6.07) is 10.6. The second-order valence-electron chi connectivity index (χ2n) is 7.03. The van der Waals surface area contributed by atoms with Crippen LogP contribution in [0.3, 0.4) is 0 Å². The third-order valence-electron chi connectivity index (χ3n) is 4.78. The molecule has 5 heteroatoms. The monoisotopic (exact) mass is 343 g/mol. The summed E-state index contributed by atoms with van der Waals surface area (Å²) < 4.78 is 0. The lowest BCUT2D eigenvalue weighted by Crippen LogP contribution is -2.30. The number of aromatic nitrogens is 1. The Kier molecular flexibility index (Phi) is 5.01. The minimum absolute atomic E-state index is 0.0530. The predicted molar refractivity (Wildman–Crippen MR) is 99.1 cm³/mol. The van der Waals surface area contributed by atoms with Crippen LogP contribution in [-0.2, 0) is 24.3 Å². The zero-order valence-corrected chi connectivity index (χ0v) is 15.4. The Labute approximate surface area is 147 Å². The molecule has 1 aromatic carbocycles. The summed E-state index contributed by atoms with van der Waals surface area (Å²) in [6.07, 6.45) is 1.76. The van der Waals surface area contributed by atoms with Crippen molar-refractivity contribution in [3.05, 3.63) is 46.5 Å². The van der Waals surface area contributed by atoms with Gasteiger partial charge in [0.05, 0.1) is 5.69 Å². The van der Waals surface area contributed by atoms with Gasteiger partial charge in [-0.05, 0) is 12.0 Å². The van der Waals surface area contributed by atoms with Crippen molar-refractivity contribution in [3.63, 3.8) is 0 Å². The average Bonchev–Trinajstić information content (AvgIpc) is 2.97. The number of anilines is 1. The summed E-state index contributed by atoms with van der Waals surface area (Å²) in [7, 11) is 0. The first kappa shape index (κ1) is 17.1. The third-order valence-corrected chi connectivity index (χ3v) is 5.78. The number of hydrogen-bond acceptors (Lipinski definition) is 4. The Morgan fingerprint density at radius 3 is 2.79 bits per heavy atom. The first-order valence-corrected chi connectivity index (χ1v) is 9.36. The molecule has 1 aliphatic rings. The fraction of sp³-hybridized carbons (Fsp3) is 0.474. The van der Waals surface area contributed by atoms with Gasteiger partial charge in [-0.25, -0.2) is 4.98 Å². The Hall–Kier alpha value is -1.72. The second-order valence-corrected chi connectivity index (χ2v) is 8.11. The number of amides is 1. The zero-order chi connectivity index (χ0) is 17.2. The lowest BCUT2D eigenvalue weighted by Gasteiger charge is -2.25. The molecule has 0 radical (unpaired) electrons.